The molecule has 3 rings (SSSR count). The molecule has 1 N–H and O–H groups in total. The van der Waals surface area contributed by atoms with Crippen molar-refractivity contribution in [2.45, 2.75) is 58.4 Å². The molecule has 1 aromatic heterocycles. The molecule has 3 heteroatoms. The van der Waals surface area contributed by atoms with Crippen LogP contribution in [0.25, 0.3) is 0 Å². The van der Waals surface area contributed by atoms with E-state index >= 15 is 0 Å². The third kappa shape index (κ3) is 4.08. The lowest BCUT2D eigenvalue weighted by Gasteiger charge is -2.44. The smallest absolute Gasteiger partial charge is 0.0302 e. The molecule has 118 valence electrons. The molecular weight excluding hydrogens is 276 g/mol. The van der Waals surface area contributed by atoms with Gasteiger partial charge in [0.1, 0.15) is 0 Å². The first-order valence-corrected chi connectivity index (χ1v) is 9.62. The summed E-state index contributed by atoms with van der Waals surface area (Å²) >= 11 is 1.87. The summed E-state index contributed by atoms with van der Waals surface area (Å²) in [6, 6.07) is 2.22. The molecular formula is C18H30N2S. The molecule has 0 atom stereocenters. The highest BCUT2D eigenvalue weighted by atomic mass is 32.1. The van der Waals surface area contributed by atoms with Crippen LogP contribution in [0.1, 0.15) is 55.4 Å². The van der Waals surface area contributed by atoms with Crippen LogP contribution >= 0.6 is 11.3 Å². The van der Waals surface area contributed by atoms with E-state index in [0.29, 0.717) is 0 Å². The summed E-state index contributed by atoms with van der Waals surface area (Å²) < 4.78 is 0. The highest BCUT2D eigenvalue weighted by molar-refractivity contribution is 7.10. The summed E-state index contributed by atoms with van der Waals surface area (Å²) in [7, 11) is 0. The molecule has 1 saturated carbocycles. The second-order valence-corrected chi connectivity index (χ2v) is 8.11. The Bertz CT molecular complexity index is 424. The molecule has 1 aromatic rings. The fourth-order valence-corrected chi connectivity index (χ4v) is 4.95. The van der Waals surface area contributed by atoms with Gasteiger partial charge in [-0.3, -0.25) is 0 Å². The average molecular weight is 307 g/mol. The second-order valence-electron chi connectivity index (χ2n) is 7.11. The third-order valence-corrected chi connectivity index (χ3v) is 6.71. The van der Waals surface area contributed by atoms with E-state index in [-0.39, 0.29) is 0 Å². The van der Waals surface area contributed by atoms with Crippen LogP contribution in [0, 0.1) is 12.3 Å². The van der Waals surface area contributed by atoms with Crippen LogP contribution in [0.5, 0.6) is 0 Å². The molecule has 0 radical (unpaired) electrons. The van der Waals surface area contributed by atoms with Crippen LogP contribution < -0.4 is 5.32 Å². The Labute approximate surface area is 133 Å². The van der Waals surface area contributed by atoms with Crippen LogP contribution in [-0.2, 0) is 6.54 Å². The summed E-state index contributed by atoms with van der Waals surface area (Å²) in [5, 5.41) is 5.81. The SMILES string of the molecule is Cc1ccsc1CNCCN1CCC2(CCCCC2)CC1. The van der Waals surface area contributed by atoms with Gasteiger partial charge in [-0.25, -0.2) is 0 Å². The zero-order chi connectivity index (χ0) is 14.5. The van der Waals surface area contributed by atoms with Gasteiger partial charge in [-0.1, -0.05) is 19.3 Å². The summed E-state index contributed by atoms with van der Waals surface area (Å²) in [5.41, 5.74) is 2.18. The van der Waals surface area contributed by atoms with Gasteiger partial charge in [0, 0.05) is 24.5 Å². The lowest BCUT2D eigenvalue weighted by molar-refractivity contribution is 0.0683. The normalized spacial score (nSPS) is 22.7. The maximum Gasteiger partial charge on any atom is 0.0302 e. The third-order valence-electron chi connectivity index (χ3n) is 5.69. The summed E-state index contributed by atoms with van der Waals surface area (Å²) in [4.78, 5) is 4.17. The van der Waals surface area contributed by atoms with E-state index in [1.54, 1.807) is 0 Å². The van der Waals surface area contributed by atoms with E-state index in [2.05, 4.69) is 28.6 Å². The molecule has 2 fully saturated rings. The Morgan fingerprint density at radius 3 is 2.57 bits per heavy atom. The Morgan fingerprint density at radius 2 is 1.90 bits per heavy atom. The van der Waals surface area contributed by atoms with Crippen molar-refractivity contribution in [2.75, 3.05) is 26.2 Å². The van der Waals surface area contributed by atoms with E-state index < -0.39 is 0 Å². The highest BCUT2D eigenvalue weighted by Crippen LogP contribution is 2.44. The lowest BCUT2D eigenvalue weighted by Crippen LogP contribution is -2.43. The molecule has 0 unspecified atom stereocenters. The average Bonchev–Trinajstić information content (AvgIpc) is 2.92. The molecule has 1 spiro atoms. The van der Waals surface area contributed by atoms with Crippen LogP contribution in [0.3, 0.4) is 0 Å². The molecule has 2 heterocycles. The number of nitrogens with one attached hydrogen (secondary N) is 1. The van der Waals surface area contributed by atoms with Gasteiger partial charge in [0.05, 0.1) is 0 Å². The number of aryl methyl sites for hydroxylation is 1. The number of likely N-dealkylation sites (tertiary alicyclic amines) is 1. The largest absolute Gasteiger partial charge is 0.311 e. The van der Waals surface area contributed by atoms with E-state index in [9.17, 15) is 0 Å². The summed E-state index contributed by atoms with van der Waals surface area (Å²) in [6.45, 7) is 8.27. The highest BCUT2D eigenvalue weighted by Gasteiger charge is 2.35. The molecule has 1 aliphatic carbocycles. The second kappa shape index (κ2) is 7.26. The van der Waals surface area contributed by atoms with Crippen LogP contribution in [-0.4, -0.2) is 31.1 Å². The van der Waals surface area contributed by atoms with E-state index in [1.165, 1.54) is 75.0 Å². The summed E-state index contributed by atoms with van der Waals surface area (Å²) in [5.74, 6) is 0. The van der Waals surface area contributed by atoms with Crippen molar-refractivity contribution in [3.8, 4) is 0 Å². The summed E-state index contributed by atoms with van der Waals surface area (Å²) in [6.07, 6.45) is 10.4. The molecule has 21 heavy (non-hydrogen) atoms. The van der Waals surface area contributed by atoms with Gasteiger partial charge in [-0.15, -0.1) is 11.3 Å². The number of thiophene rings is 1. The van der Waals surface area contributed by atoms with Gasteiger partial charge >= 0.3 is 0 Å². The zero-order valence-corrected chi connectivity index (χ0v) is 14.3. The van der Waals surface area contributed by atoms with Crippen molar-refractivity contribution in [1.29, 1.82) is 0 Å². The fourth-order valence-electron chi connectivity index (χ4n) is 4.08. The van der Waals surface area contributed by atoms with Crippen molar-refractivity contribution >= 4 is 11.3 Å². The van der Waals surface area contributed by atoms with Crippen LogP contribution in [0.4, 0.5) is 0 Å². The quantitative estimate of drug-likeness (QED) is 0.821. The molecule has 1 aliphatic heterocycles. The molecule has 0 aromatic carbocycles. The predicted octanol–water partition coefficient (Wildman–Crippen LogP) is 4.19. The number of piperidine rings is 1. The van der Waals surface area contributed by atoms with Gasteiger partial charge in [0.2, 0.25) is 0 Å². The van der Waals surface area contributed by atoms with Crippen LogP contribution in [0.2, 0.25) is 0 Å². The van der Waals surface area contributed by atoms with Crippen molar-refractivity contribution < 1.29 is 0 Å². The number of rotatable bonds is 5. The standard InChI is InChI=1S/C18H30N2S/c1-16-5-14-21-17(16)15-19-10-13-20-11-8-18(9-12-20)6-3-2-4-7-18/h5,14,19H,2-4,6-13,15H2,1H3. The first kappa shape index (κ1) is 15.5. The topological polar surface area (TPSA) is 15.3 Å². The van der Waals surface area contributed by atoms with Crippen molar-refractivity contribution in [3.63, 3.8) is 0 Å². The molecule has 2 aliphatic rings. The molecule has 0 bridgehead atoms. The van der Waals surface area contributed by atoms with Crippen molar-refractivity contribution in [3.05, 3.63) is 21.9 Å². The molecule has 1 saturated heterocycles. The van der Waals surface area contributed by atoms with Gasteiger partial charge < -0.3 is 10.2 Å². The minimum absolute atomic E-state index is 0.746. The van der Waals surface area contributed by atoms with Crippen LogP contribution in [0.15, 0.2) is 11.4 Å². The Hall–Kier alpha value is -0.380. The maximum atomic E-state index is 3.62. The van der Waals surface area contributed by atoms with E-state index in [0.717, 1.165) is 18.5 Å². The van der Waals surface area contributed by atoms with Gasteiger partial charge in [-0.05, 0) is 68.1 Å². The minimum atomic E-state index is 0.746. The van der Waals surface area contributed by atoms with Gasteiger partial charge in [-0.2, -0.15) is 0 Å². The van der Waals surface area contributed by atoms with Gasteiger partial charge in [0.15, 0.2) is 0 Å². The minimum Gasteiger partial charge on any atom is -0.311 e. The number of hydrogen-bond acceptors (Lipinski definition) is 3. The number of hydrogen-bond donors (Lipinski definition) is 1. The molecule has 2 nitrogen and oxygen atoms in total. The molecule has 0 amide bonds. The zero-order valence-electron chi connectivity index (χ0n) is 13.5. The van der Waals surface area contributed by atoms with Gasteiger partial charge in [0.25, 0.3) is 0 Å². The number of nitrogens with zero attached hydrogens (tertiary/aromatic N) is 1. The van der Waals surface area contributed by atoms with Crippen molar-refractivity contribution in [1.82, 2.24) is 10.2 Å². The monoisotopic (exact) mass is 306 g/mol. The Morgan fingerprint density at radius 1 is 1.14 bits per heavy atom. The predicted molar refractivity (Wildman–Crippen MR) is 92.0 cm³/mol. The maximum absolute atomic E-state index is 3.62. The van der Waals surface area contributed by atoms with Crippen molar-refractivity contribution in [2.24, 2.45) is 5.41 Å². The lowest BCUT2D eigenvalue weighted by atomic mass is 9.68. The first-order chi connectivity index (χ1) is 10.3. The van der Waals surface area contributed by atoms with E-state index in [1.807, 2.05) is 11.3 Å². The first-order valence-electron chi connectivity index (χ1n) is 8.74. The Kier molecular flexibility index (Phi) is 5.36. The van der Waals surface area contributed by atoms with E-state index in [4.69, 9.17) is 0 Å². The fraction of sp³-hybridized carbons (Fsp3) is 0.778. The Balaban J connectivity index is 1.33.